The molecule has 1 aliphatic rings. The van der Waals surface area contributed by atoms with Crippen LogP contribution in [0.5, 0.6) is 0 Å². The van der Waals surface area contributed by atoms with Gasteiger partial charge in [0, 0.05) is 24.7 Å². The van der Waals surface area contributed by atoms with Crippen molar-refractivity contribution in [2.75, 3.05) is 7.05 Å². The maximum atomic E-state index is 12.4. The van der Waals surface area contributed by atoms with Gasteiger partial charge in [-0.25, -0.2) is 0 Å². The molecule has 1 aromatic rings. The summed E-state index contributed by atoms with van der Waals surface area (Å²) in [6.07, 6.45) is 3.87. The molecule has 0 aromatic heterocycles. The average Bonchev–Trinajstić information content (AvgIpc) is 2.51. The third kappa shape index (κ3) is 3.85. The highest BCUT2D eigenvalue weighted by molar-refractivity contribution is 5.94. The van der Waals surface area contributed by atoms with Crippen LogP contribution in [0.15, 0.2) is 24.3 Å². The molecule has 0 spiro atoms. The summed E-state index contributed by atoms with van der Waals surface area (Å²) in [4.78, 5) is 24.0. The highest BCUT2D eigenvalue weighted by Gasteiger charge is 2.37. The summed E-state index contributed by atoms with van der Waals surface area (Å²) in [6.45, 7) is 2.37. The Balaban J connectivity index is 1.98. The Morgan fingerprint density at radius 1 is 1.36 bits per heavy atom. The Kier molecular flexibility index (Phi) is 5.19. The molecule has 1 aliphatic carbocycles. The zero-order chi connectivity index (χ0) is 16.2. The fourth-order valence-electron chi connectivity index (χ4n) is 3.07. The molecule has 2 unspecified atom stereocenters. The van der Waals surface area contributed by atoms with Gasteiger partial charge in [-0.05, 0) is 37.5 Å². The molecule has 5 nitrogen and oxygen atoms in total. The predicted molar refractivity (Wildman–Crippen MR) is 86.2 cm³/mol. The highest BCUT2D eigenvalue weighted by atomic mass is 16.2. The van der Waals surface area contributed by atoms with Crippen LogP contribution in [0.25, 0.3) is 0 Å². The first-order valence-electron chi connectivity index (χ1n) is 7.81. The summed E-state index contributed by atoms with van der Waals surface area (Å²) in [6, 6.07) is 7.26. The lowest BCUT2D eigenvalue weighted by Crippen LogP contribution is -2.52. The first-order chi connectivity index (χ1) is 10.4. The summed E-state index contributed by atoms with van der Waals surface area (Å²) >= 11 is 0. The molecule has 2 rings (SSSR count). The van der Waals surface area contributed by atoms with Crippen molar-refractivity contribution >= 4 is 11.8 Å². The second-order valence-electron chi connectivity index (χ2n) is 6.30. The molecule has 2 amide bonds. The maximum absolute atomic E-state index is 12.4. The van der Waals surface area contributed by atoms with E-state index in [-0.39, 0.29) is 17.7 Å². The van der Waals surface area contributed by atoms with Crippen molar-refractivity contribution in [3.63, 3.8) is 0 Å². The normalized spacial score (nSPS) is 24.6. The molecular formula is C17H25N3O2. The van der Waals surface area contributed by atoms with E-state index < -0.39 is 5.54 Å². The van der Waals surface area contributed by atoms with Crippen molar-refractivity contribution < 1.29 is 9.59 Å². The number of carbonyl (C=O) groups excluding carboxylic acids is 2. The van der Waals surface area contributed by atoms with Crippen LogP contribution in [0.4, 0.5) is 0 Å². The van der Waals surface area contributed by atoms with E-state index in [0.29, 0.717) is 12.1 Å². The molecule has 4 N–H and O–H groups in total. The average molecular weight is 303 g/mol. The van der Waals surface area contributed by atoms with Gasteiger partial charge in [0.2, 0.25) is 5.91 Å². The number of nitrogens with one attached hydrogen (secondary N) is 2. The molecule has 0 radical (unpaired) electrons. The number of benzene rings is 1. The Hall–Kier alpha value is -1.88. The van der Waals surface area contributed by atoms with Crippen LogP contribution in [-0.4, -0.2) is 24.4 Å². The zero-order valence-electron chi connectivity index (χ0n) is 13.3. The second kappa shape index (κ2) is 6.92. The first-order valence-corrected chi connectivity index (χ1v) is 7.81. The summed E-state index contributed by atoms with van der Waals surface area (Å²) in [5.41, 5.74) is 7.34. The molecule has 0 saturated heterocycles. The quantitative estimate of drug-likeness (QED) is 0.789. The van der Waals surface area contributed by atoms with Crippen LogP contribution in [-0.2, 0) is 11.3 Å². The molecule has 0 aliphatic heterocycles. The monoisotopic (exact) mass is 303 g/mol. The van der Waals surface area contributed by atoms with Gasteiger partial charge in [-0.1, -0.05) is 25.0 Å². The number of rotatable bonds is 4. The molecule has 5 heteroatoms. The molecule has 1 saturated carbocycles. The van der Waals surface area contributed by atoms with Crippen LogP contribution in [0.3, 0.4) is 0 Å². The Morgan fingerprint density at radius 2 is 2.14 bits per heavy atom. The van der Waals surface area contributed by atoms with Gasteiger partial charge in [-0.15, -0.1) is 0 Å². The smallest absolute Gasteiger partial charge is 0.251 e. The van der Waals surface area contributed by atoms with Crippen LogP contribution in [0.2, 0.25) is 0 Å². The van der Waals surface area contributed by atoms with Gasteiger partial charge in [-0.2, -0.15) is 0 Å². The molecule has 1 fully saturated rings. The van der Waals surface area contributed by atoms with Crippen LogP contribution < -0.4 is 16.4 Å². The number of amides is 2. The van der Waals surface area contributed by atoms with Crippen molar-refractivity contribution in [3.05, 3.63) is 35.4 Å². The molecule has 2 atom stereocenters. The Bertz CT molecular complexity index is 555. The lowest BCUT2D eigenvalue weighted by molar-refractivity contribution is -0.128. The van der Waals surface area contributed by atoms with E-state index in [2.05, 4.69) is 10.6 Å². The fraction of sp³-hybridized carbons (Fsp3) is 0.529. The maximum Gasteiger partial charge on any atom is 0.251 e. The molecular weight excluding hydrogens is 278 g/mol. The van der Waals surface area contributed by atoms with Gasteiger partial charge in [0.1, 0.15) is 0 Å². The number of carbonyl (C=O) groups is 2. The zero-order valence-corrected chi connectivity index (χ0v) is 13.3. The van der Waals surface area contributed by atoms with Gasteiger partial charge in [0.05, 0.1) is 5.92 Å². The number of hydrogen-bond donors (Lipinski definition) is 3. The second-order valence-corrected chi connectivity index (χ2v) is 6.30. The third-order valence-electron chi connectivity index (χ3n) is 4.45. The van der Waals surface area contributed by atoms with E-state index in [1.54, 1.807) is 19.2 Å². The van der Waals surface area contributed by atoms with E-state index in [1.807, 2.05) is 19.1 Å². The summed E-state index contributed by atoms with van der Waals surface area (Å²) in [5, 5.41) is 5.55. The molecule has 0 bridgehead atoms. The van der Waals surface area contributed by atoms with Crippen molar-refractivity contribution in [2.45, 2.75) is 44.7 Å². The van der Waals surface area contributed by atoms with Crippen molar-refractivity contribution in [3.8, 4) is 0 Å². The lowest BCUT2D eigenvalue weighted by atomic mass is 9.74. The lowest BCUT2D eigenvalue weighted by Gasteiger charge is -2.37. The van der Waals surface area contributed by atoms with E-state index in [1.165, 1.54) is 0 Å². The standard InChI is InChI=1S/C17H25N3O2/c1-17(18)9-4-3-8-14(17)16(22)20-11-12-6-5-7-13(10-12)15(21)19-2/h5-7,10,14H,3-4,8-9,11,18H2,1-2H3,(H,19,21)(H,20,22). The fourth-order valence-corrected chi connectivity index (χ4v) is 3.07. The largest absolute Gasteiger partial charge is 0.355 e. The van der Waals surface area contributed by atoms with E-state index in [0.717, 1.165) is 31.2 Å². The molecule has 22 heavy (non-hydrogen) atoms. The Labute approximate surface area is 131 Å². The molecule has 0 heterocycles. The van der Waals surface area contributed by atoms with E-state index >= 15 is 0 Å². The van der Waals surface area contributed by atoms with Crippen LogP contribution in [0.1, 0.15) is 48.5 Å². The molecule has 1 aromatic carbocycles. The Morgan fingerprint density at radius 3 is 2.82 bits per heavy atom. The van der Waals surface area contributed by atoms with Gasteiger partial charge in [-0.3, -0.25) is 9.59 Å². The van der Waals surface area contributed by atoms with Gasteiger partial charge < -0.3 is 16.4 Å². The van der Waals surface area contributed by atoms with Crippen molar-refractivity contribution in [2.24, 2.45) is 11.7 Å². The summed E-state index contributed by atoms with van der Waals surface area (Å²) < 4.78 is 0. The minimum atomic E-state index is -0.424. The third-order valence-corrected chi connectivity index (χ3v) is 4.45. The predicted octanol–water partition coefficient (Wildman–Crippen LogP) is 1.57. The topological polar surface area (TPSA) is 84.2 Å². The minimum absolute atomic E-state index is 0.00930. The van der Waals surface area contributed by atoms with Crippen molar-refractivity contribution in [1.82, 2.24) is 10.6 Å². The number of hydrogen-bond acceptors (Lipinski definition) is 3. The molecule has 120 valence electrons. The van der Waals surface area contributed by atoms with Crippen molar-refractivity contribution in [1.29, 1.82) is 0 Å². The van der Waals surface area contributed by atoms with Gasteiger partial charge in [0.25, 0.3) is 5.91 Å². The highest BCUT2D eigenvalue weighted by Crippen LogP contribution is 2.31. The minimum Gasteiger partial charge on any atom is -0.355 e. The van der Waals surface area contributed by atoms with Crippen LogP contribution >= 0.6 is 0 Å². The summed E-state index contributed by atoms with van der Waals surface area (Å²) in [7, 11) is 1.60. The van der Waals surface area contributed by atoms with E-state index in [9.17, 15) is 9.59 Å². The first kappa shape index (κ1) is 16.5. The summed E-state index contributed by atoms with van der Waals surface area (Å²) in [5.74, 6) is -0.256. The van der Waals surface area contributed by atoms with Gasteiger partial charge in [0.15, 0.2) is 0 Å². The van der Waals surface area contributed by atoms with E-state index in [4.69, 9.17) is 5.73 Å². The number of nitrogens with two attached hydrogens (primary N) is 1. The SMILES string of the molecule is CNC(=O)c1cccc(CNC(=O)C2CCCCC2(C)N)c1. The van der Waals surface area contributed by atoms with Gasteiger partial charge >= 0.3 is 0 Å². The van der Waals surface area contributed by atoms with Crippen LogP contribution in [0, 0.1) is 5.92 Å².